The Labute approximate surface area is 265 Å². The molecule has 1 saturated carbocycles. The second-order valence-corrected chi connectivity index (χ2v) is 13.6. The second kappa shape index (κ2) is 11.0. The van der Waals surface area contributed by atoms with Crippen molar-refractivity contribution in [2.75, 3.05) is 50.8 Å². The van der Waals surface area contributed by atoms with E-state index in [0.29, 0.717) is 47.1 Å². The minimum absolute atomic E-state index is 0.0373. The van der Waals surface area contributed by atoms with E-state index >= 15 is 4.39 Å². The molecule has 4 fully saturated rings. The Morgan fingerprint density at radius 2 is 2.04 bits per heavy atom. The third-order valence-electron chi connectivity index (χ3n) is 10.8. The summed E-state index contributed by atoms with van der Waals surface area (Å²) < 4.78 is 50.8. The number of hydrogen-bond donors (Lipinski definition) is 0. The van der Waals surface area contributed by atoms with Crippen LogP contribution >= 0.6 is 0 Å². The number of carbonyl (C=O) groups excluding carboxylic acids is 1. The third kappa shape index (κ3) is 4.80. The molecule has 8 nitrogen and oxygen atoms in total. The summed E-state index contributed by atoms with van der Waals surface area (Å²) in [5.41, 5.74) is 3.98. The Bertz CT molecular complexity index is 1810. The fraction of sp³-hybridized carbons (Fsp3) is 0.486. The molecular weight excluding hydrogens is 593 g/mol. The van der Waals surface area contributed by atoms with Crippen molar-refractivity contribution in [3.8, 4) is 17.1 Å². The predicted octanol–water partition coefficient (Wildman–Crippen LogP) is 5.47. The molecule has 1 amide bonds. The highest BCUT2D eigenvalue weighted by molar-refractivity contribution is 5.94. The van der Waals surface area contributed by atoms with Gasteiger partial charge in [0, 0.05) is 43.5 Å². The molecule has 11 heteroatoms. The van der Waals surface area contributed by atoms with Gasteiger partial charge in [0.25, 0.3) is 5.91 Å². The molecule has 3 saturated heterocycles. The number of nitrogens with zero attached hydrogens (tertiary/aromatic N) is 6. The van der Waals surface area contributed by atoms with E-state index in [-0.39, 0.29) is 44.6 Å². The van der Waals surface area contributed by atoms with E-state index in [2.05, 4.69) is 22.4 Å². The van der Waals surface area contributed by atoms with Crippen LogP contribution in [-0.2, 0) is 11.2 Å². The number of ether oxygens (including phenoxy) is 1. The standard InChI is InChI=1S/C35H35F3N6O2/c1-20(36)33(45)44-10-9-42(18-24(44)16-39-2)32-28-13-29(38)27(25-6-3-5-21-11-22-12-26(22)31(21)25)14-30(28)40-34(41-32)46-19-35-7-4-8-43(35)17-23(37)15-35/h3,5-6,13-14,22-24,26H,1,4,7-12,15-19H2/t22-,23+,24-,26+,35-/m0/s1. The van der Waals surface area contributed by atoms with Crippen LogP contribution in [0, 0.1) is 18.3 Å². The Morgan fingerprint density at radius 3 is 2.87 bits per heavy atom. The molecule has 1 aromatic heterocycles. The van der Waals surface area contributed by atoms with Crippen molar-refractivity contribution in [3.63, 3.8) is 0 Å². The normalized spacial score (nSPS) is 28.1. The monoisotopic (exact) mass is 628 g/mol. The van der Waals surface area contributed by atoms with Crippen molar-refractivity contribution in [3.05, 3.63) is 71.1 Å². The zero-order valence-corrected chi connectivity index (χ0v) is 25.5. The number of benzene rings is 2. The zero-order valence-electron chi connectivity index (χ0n) is 25.5. The Balaban J connectivity index is 1.19. The molecule has 4 heterocycles. The summed E-state index contributed by atoms with van der Waals surface area (Å²) in [6.45, 7) is 12.6. The van der Waals surface area contributed by atoms with E-state index in [9.17, 15) is 13.6 Å². The first-order chi connectivity index (χ1) is 22.2. The molecule has 3 aromatic rings. The average molecular weight is 629 g/mol. The van der Waals surface area contributed by atoms with Gasteiger partial charge in [0.1, 0.15) is 30.5 Å². The molecule has 238 valence electrons. The Hall–Kier alpha value is -4.17. The van der Waals surface area contributed by atoms with Gasteiger partial charge in [0.2, 0.25) is 6.54 Å². The molecule has 0 bridgehead atoms. The van der Waals surface area contributed by atoms with Crippen LogP contribution in [0.2, 0.25) is 0 Å². The molecular formula is C35H35F3N6O2. The molecule has 46 heavy (non-hydrogen) atoms. The number of anilines is 1. The quantitative estimate of drug-likeness (QED) is 0.256. The van der Waals surface area contributed by atoms with Gasteiger partial charge in [-0.15, -0.1) is 0 Å². The van der Waals surface area contributed by atoms with Gasteiger partial charge in [0.15, 0.2) is 5.83 Å². The third-order valence-corrected chi connectivity index (χ3v) is 10.8. The first-order valence-electron chi connectivity index (χ1n) is 16.1. The van der Waals surface area contributed by atoms with Gasteiger partial charge in [-0.25, -0.2) is 19.7 Å². The van der Waals surface area contributed by atoms with E-state index in [1.807, 2.05) is 17.0 Å². The van der Waals surface area contributed by atoms with Gasteiger partial charge in [0.05, 0.1) is 11.1 Å². The van der Waals surface area contributed by atoms with E-state index < -0.39 is 29.5 Å². The summed E-state index contributed by atoms with van der Waals surface area (Å²) in [4.78, 5) is 31.0. The number of fused-ring (bicyclic) bond motifs is 5. The van der Waals surface area contributed by atoms with Crippen LogP contribution in [0.3, 0.4) is 0 Å². The summed E-state index contributed by atoms with van der Waals surface area (Å²) in [5, 5.41) is 0.479. The molecule has 5 atom stereocenters. The number of rotatable bonds is 7. The average Bonchev–Trinajstić information content (AvgIpc) is 3.36. The number of hydrogen-bond acceptors (Lipinski definition) is 6. The van der Waals surface area contributed by atoms with Crippen LogP contribution in [0.1, 0.15) is 42.7 Å². The van der Waals surface area contributed by atoms with Crippen LogP contribution in [0.15, 0.2) is 42.7 Å². The lowest BCUT2D eigenvalue weighted by atomic mass is 9.93. The van der Waals surface area contributed by atoms with Crippen molar-refractivity contribution in [1.82, 2.24) is 19.8 Å². The molecule has 0 spiro atoms. The van der Waals surface area contributed by atoms with Crippen molar-refractivity contribution in [2.45, 2.75) is 55.8 Å². The molecule has 0 radical (unpaired) electrons. The summed E-state index contributed by atoms with van der Waals surface area (Å²) >= 11 is 0. The van der Waals surface area contributed by atoms with Crippen LogP contribution in [0.25, 0.3) is 26.9 Å². The van der Waals surface area contributed by atoms with Gasteiger partial charge in [-0.2, -0.15) is 9.97 Å². The lowest BCUT2D eigenvalue weighted by molar-refractivity contribution is -0.131. The molecule has 5 aliphatic rings. The van der Waals surface area contributed by atoms with Crippen molar-refractivity contribution in [1.29, 1.82) is 0 Å². The Morgan fingerprint density at radius 1 is 1.17 bits per heavy atom. The molecule has 2 aromatic carbocycles. The minimum Gasteiger partial charge on any atom is -0.461 e. The first kappa shape index (κ1) is 29.2. The predicted molar refractivity (Wildman–Crippen MR) is 167 cm³/mol. The van der Waals surface area contributed by atoms with Crippen molar-refractivity contribution < 1.29 is 22.7 Å². The van der Waals surface area contributed by atoms with Crippen LogP contribution in [-0.4, -0.2) is 89.3 Å². The number of carbonyl (C=O) groups is 1. The minimum atomic E-state index is -1.08. The smallest absolute Gasteiger partial charge is 0.319 e. The van der Waals surface area contributed by atoms with Gasteiger partial charge < -0.3 is 19.4 Å². The summed E-state index contributed by atoms with van der Waals surface area (Å²) in [5.74, 6) is -0.761. The second-order valence-electron chi connectivity index (χ2n) is 13.6. The molecule has 0 unspecified atom stereocenters. The highest BCUT2D eigenvalue weighted by Crippen LogP contribution is 2.58. The topological polar surface area (TPSA) is 66.2 Å². The lowest BCUT2D eigenvalue weighted by Gasteiger charge is -2.39. The number of halogens is 3. The summed E-state index contributed by atoms with van der Waals surface area (Å²) in [6.07, 6.45) is 3.47. The number of aromatic nitrogens is 2. The maximum absolute atomic E-state index is 16.2. The van der Waals surface area contributed by atoms with E-state index in [1.54, 1.807) is 6.07 Å². The van der Waals surface area contributed by atoms with Gasteiger partial charge in [-0.1, -0.05) is 24.8 Å². The van der Waals surface area contributed by atoms with Crippen molar-refractivity contribution in [2.24, 2.45) is 5.92 Å². The lowest BCUT2D eigenvalue weighted by Crippen LogP contribution is -2.56. The van der Waals surface area contributed by atoms with Gasteiger partial charge >= 0.3 is 6.01 Å². The number of amides is 1. The van der Waals surface area contributed by atoms with Crippen LogP contribution < -0.4 is 9.64 Å². The summed E-state index contributed by atoms with van der Waals surface area (Å²) in [6, 6.07) is 8.83. The summed E-state index contributed by atoms with van der Waals surface area (Å²) in [7, 11) is 0. The van der Waals surface area contributed by atoms with Crippen molar-refractivity contribution >= 4 is 22.6 Å². The van der Waals surface area contributed by atoms with Crippen LogP contribution in [0.4, 0.5) is 19.0 Å². The first-order valence-corrected chi connectivity index (χ1v) is 16.1. The SMILES string of the molecule is [C-]#[N+]C[C@H]1CN(c2nc(OC[C@@]34CCCN3C[C@H](F)C4)nc3cc(-c4cccc5c4[C@@H]4C[C@@H]4C5)c(F)cc23)CCN1C(=O)C(=C)F. The largest absolute Gasteiger partial charge is 0.461 e. The zero-order chi connectivity index (χ0) is 31.7. The fourth-order valence-electron chi connectivity index (χ4n) is 8.58. The molecule has 8 rings (SSSR count). The highest BCUT2D eigenvalue weighted by atomic mass is 19.1. The number of piperazine rings is 1. The molecule has 3 aliphatic heterocycles. The molecule has 2 aliphatic carbocycles. The Kier molecular flexibility index (Phi) is 6.98. The fourth-order valence-corrected chi connectivity index (χ4v) is 8.58. The van der Waals surface area contributed by atoms with Gasteiger partial charge in [-0.3, -0.25) is 9.69 Å². The van der Waals surface area contributed by atoms with E-state index in [0.717, 1.165) is 37.8 Å². The maximum atomic E-state index is 16.2. The molecule has 0 N–H and O–H groups in total. The van der Waals surface area contributed by atoms with E-state index in [4.69, 9.17) is 21.3 Å². The van der Waals surface area contributed by atoms with Crippen LogP contribution in [0.5, 0.6) is 6.01 Å². The number of alkyl halides is 1. The maximum Gasteiger partial charge on any atom is 0.319 e. The van der Waals surface area contributed by atoms with E-state index in [1.165, 1.54) is 22.1 Å². The highest BCUT2D eigenvalue weighted by Gasteiger charge is 2.50. The van der Waals surface area contributed by atoms with Gasteiger partial charge in [-0.05, 0) is 72.9 Å².